The minimum Gasteiger partial charge on any atom is -0.384 e. The molecule has 0 atom stereocenters. The Hall–Kier alpha value is -2.13. The van der Waals surface area contributed by atoms with Crippen molar-refractivity contribution in [1.82, 2.24) is 4.98 Å². The first kappa shape index (κ1) is 13.8. The minimum atomic E-state index is -0.300. The Morgan fingerprint density at radius 3 is 2.81 bits per heavy atom. The van der Waals surface area contributed by atoms with E-state index in [-0.39, 0.29) is 5.82 Å². The molecule has 4 heteroatoms. The van der Waals surface area contributed by atoms with Crippen molar-refractivity contribution in [3.8, 4) is 0 Å². The number of benzene rings is 2. The van der Waals surface area contributed by atoms with Gasteiger partial charge in [0.25, 0.3) is 0 Å². The Balaban J connectivity index is 1.75. The maximum atomic E-state index is 13.7. The van der Waals surface area contributed by atoms with Crippen molar-refractivity contribution in [1.29, 1.82) is 0 Å². The zero-order valence-electron chi connectivity index (χ0n) is 11.3. The summed E-state index contributed by atoms with van der Waals surface area (Å²) in [5.41, 5.74) is 2.45. The molecule has 0 fully saturated rings. The van der Waals surface area contributed by atoms with Gasteiger partial charge < -0.3 is 5.32 Å². The molecule has 0 saturated heterocycles. The number of rotatable bonds is 4. The summed E-state index contributed by atoms with van der Waals surface area (Å²) in [7, 11) is 0. The van der Waals surface area contributed by atoms with Crippen molar-refractivity contribution >= 4 is 28.2 Å². The number of nitrogens with one attached hydrogen (secondary N) is 1. The molecule has 1 N–H and O–H groups in total. The molecule has 0 amide bonds. The van der Waals surface area contributed by atoms with Gasteiger partial charge in [-0.15, -0.1) is 0 Å². The second-order valence-corrected chi connectivity index (χ2v) is 5.24. The average Bonchev–Trinajstić information content (AvgIpc) is 2.48. The number of hydrogen-bond acceptors (Lipinski definition) is 2. The van der Waals surface area contributed by atoms with Gasteiger partial charge in [-0.2, -0.15) is 0 Å². The average molecular weight is 301 g/mol. The van der Waals surface area contributed by atoms with E-state index in [9.17, 15) is 4.39 Å². The van der Waals surface area contributed by atoms with Crippen LogP contribution in [0.2, 0.25) is 5.02 Å². The molecule has 0 radical (unpaired) electrons. The van der Waals surface area contributed by atoms with E-state index in [0.29, 0.717) is 5.52 Å². The monoisotopic (exact) mass is 300 g/mol. The van der Waals surface area contributed by atoms with Crippen molar-refractivity contribution in [2.45, 2.75) is 6.42 Å². The third kappa shape index (κ3) is 3.14. The Morgan fingerprint density at radius 2 is 1.95 bits per heavy atom. The molecule has 0 aliphatic carbocycles. The van der Waals surface area contributed by atoms with Crippen molar-refractivity contribution in [3.63, 3.8) is 0 Å². The van der Waals surface area contributed by atoms with Gasteiger partial charge >= 0.3 is 0 Å². The first-order chi connectivity index (χ1) is 10.2. The van der Waals surface area contributed by atoms with Gasteiger partial charge in [0, 0.05) is 28.8 Å². The standard InChI is InChI=1S/C17H14ClFN2/c18-13-4-1-3-12(11-13)7-9-20-16-8-10-21-17-14(16)5-2-6-15(17)19/h1-6,8,10-11H,7,9H2,(H,20,21). The highest BCUT2D eigenvalue weighted by Gasteiger charge is 2.05. The molecule has 2 aromatic carbocycles. The fourth-order valence-corrected chi connectivity index (χ4v) is 2.54. The molecule has 2 nitrogen and oxygen atoms in total. The fraction of sp³-hybridized carbons (Fsp3) is 0.118. The molecule has 0 bridgehead atoms. The summed E-state index contributed by atoms with van der Waals surface area (Å²) in [5, 5.41) is 4.87. The van der Waals surface area contributed by atoms with E-state index in [1.165, 1.54) is 11.6 Å². The van der Waals surface area contributed by atoms with Gasteiger partial charge in [-0.1, -0.05) is 35.9 Å². The highest BCUT2D eigenvalue weighted by molar-refractivity contribution is 6.30. The van der Waals surface area contributed by atoms with E-state index in [2.05, 4.69) is 10.3 Å². The largest absolute Gasteiger partial charge is 0.384 e. The van der Waals surface area contributed by atoms with Gasteiger partial charge in [-0.25, -0.2) is 4.39 Å². The summed E-state index contributed by atoms with van der Waals surface area (Å²) >= 11 is 5.97. The Kier molecular flexibility index (Phi) is 4.02. The van der Waals surface area contributed by atoms with Gasteiger partial charge in [0.1, 0.15) is 11.3 Å². The van der Waals surface area contributed by atoms with Crippen LogP contribution in [0.1, 0.15) is 5.56 Å². The molecule has 1 aromatic heterocycles. The summed E-state index contributed by atoms with van der Waals surface area (Å²) in [6.45, 7) is 0.746. The van der Waals surface area contributed by atoms with Crippen LogP contribution in [0.15, 0.2) is 54.7 Å². The maximum Gasteiger partial charge on any atom is 0.149 e. The zero-order valence-corrected chi connectivity index (χ0v) is 12.1. The number of pyridine rings is 1. The van der Waals surface area contributed by atoms with E-state index in [1.54, 1.807) is 12.3 Å². The van der Waals surface area contributed by atoms with E-state index in [4.69, 9.17) is 11.6 Å². The second kappa shape index (κ2) is 6.10. The molecular weight excluding hydrogens is 287 g/mol. The number of anilines is 1. The summed E-state index contributed by atoms with van der Waals surface area (Å²) in [5.74, 6) is -0.300. The normalized spacial score (nSPS) is 10.8. The van der Waals surface area contributed by atoms with Crippen LogP contribution in [0, 0.1) is 5.82 Å². The summed E-state index contributed by atoms with van der Waals surface area (Å²) < 4.78 is 13.7. The van der Waals surface area contributed by atoms with Crippen molar-refractivity contribution in [2.24, 2.45) is 0 Å². The number of hydrogen-bond donors (Lipinski definition) is 1. The van der Waals surface area contributed by atoms with E-state index < -0.39 is 0 Å². The van der Waals surface area contributed by atoms with Crippen LogP contribution in [0.25, 0.3) is 10.9 Å². The third-order valence-corrected chi connectivity index (χ3v) is 3.58. The molecule has 21 heavy (non-hydrogen) atoms. The van der Waals surface area contributed by atoms with Crippen LogP contribution in [0.4, 0.5) is 10.1 Å². The van der Waals surface area contributed by atoms with Crippen LogP contribution in [0.5, 0.6) is 0 Å². The number of aromatic nitrogens is 1. The molecule has 106 valence electrons. The topological polar surface area (TPSA) is 24.9 Å². The molecular formula is C17H14ClFN2. The Bertz CT molecular complexity index is 774. The minimum absolute atomic E-state index is 0.300. The van der Waals surface area contributed by atoms with Crippen LogP contribution < -0.4 is 5.32 Å². The fourth-order valence-electron chi connectivity index (χ4n) is 2.33. The summed E-state index contributed by atoms with van der Waals surface area (Å²) in [6, 6.07) is 14.6. The van der Waals surface area contributed by atoms with Gasteiger partial charge in [0.2, 0.25) is 0 Å². The van der Waals surface area contributed by atoms with E-state index in [0.717, 1.165) is 29.1 Å². The lowest BCUT2D eigenvalue weighted by atomic mass is 10.1. The van der Waals surface area contributed by atoms with Crippen LogP contribution in [-0.2, 0) is 6.42 Å². The Labute approximate surface area is 127 Å². The first-order valence-corrected chi connectivity index (χ1v) is 7.13. The quantitative estimate of drug-likeness (QED) is 0.756. The number of nitrogens with zero attached hydrogens (tertiary/aromatic N) is 1. The molecule has 0 aliphatic rings. The smallest absolute Gasteiger partial charge is 0.149 e. The number of para-hydroxylation sites is 1. The third-order valence-electron chi connectivity index (χ3n) is 3.34. The Morgan fingerprint density at radius 1 is 1.10 bits per heavy atom. The van der Waals surface area contributed by atoms with E-state index in [1.807, 2.05) is 36.4 Å². The predicted octanol–water partition coefficient (Wildman–Crippen LogP) is 4.68. The SMILES string of the molecule is Fc1cccc2c(NCCc3cccc(Cl)c3)ccnc12. The van der Waals surface area contributed by atoms with Crippen molar-refractivity contribution in [2.75, 3.05) is 11.9 Å². The molecule has 1 heterocycles. The number of halogens is 2. The molecule has 0 unspecified atom stereocenters. The van der Waals surface area contributed by atoms with Crippen LogP contribution in [0.3, 0.4) is 0 Å². The molecule has 0 saturated carbocycles. The lowest BCUT2D eigenvalue weighted by Crippen LogP contribution is -2.05. The zero-order chi connectivity index (χ0) is 14.7. The second-order valence-electron chi connectivity index (χ2n) is 4.80. The first-order valence-electron chi connectivity index (χ1n) is 6.75. The molecule has 3 rings (SSSR count). The molecule has 0 aliphatic heterocycles. The van der Waals surface area contributed by atoms with Crippen molar-refractivity contribution < 1.29 is 4.39 Å². The van der Waals surface area contributed by atoms with Gasteiger partial charge in [-0.3, -0.25) is 4.98 Å². The molecule has 3 aromatic rings. The maximum absolute atomic E-state index is 13.7. The van der Waals surface area contributed by atoms with Crippen LogP contribution in [-0.4, -0.2) is 11.5 Å². The summed E-state index contributed by atoms with van der Waals surface area (Å²) in [4.78, 5) is 4.09. The number of fused-ring (bicyclic) bond motifs is 1. The summed E-state index contributed by atoms with van der Waals surface area (Å²) in [6.07, 6.45) is 2.47. The lowest BCUT2D eigenvalue weighted by Gasteiger charge is -2.10. The highest BCUT2D eigenvalue weighted by Crippen LogP contribution is 2.23. The van der Waals surface area contributed by atoms with Gasteiger partial charge in [0.15, 0.2) is 0 Å². The van der Waals surface area contributed by atoms with Gasteiger partial charge in [0.05, 0.1) is 0 Å². The molecule has 0 spiro atoms. The highest BCUT2D eigenvalue weighted by atomic mass is 35.5. The lowest BCUT2D eigenvalue weighted by molar-refractivity contribution is 0.637. The van der Waals surface area contributed by atoms with Crippen molar-refractivity contribution in [3.05, 3.63) is 71.1 Å². The van der Waals surface area contributed by atoms with Crippen LogP contribution >= 0.6 is 11.6 Å². The van der Waals surface area contributed by atoms with E-state index >= 15 is 0 Å². The predicted molar refractivity (Wildman–Crippen MR) is 85.3 cm³/mol. The van der Waals surface area contributed by atoms with Gasteiger partial charge in [-0.05, 0) is 36.2 Å².